The summed E-state index contributed by atoms with van der Waals surface area (Å²) in [4.78, 5) is 0. The van der Waals surface area contributed by atoms with Gasteiger partial charge in [-0.1, -0.05) is 18.0 Å². The van der Waals surface area contributed by atoms with Gasteiger partial charge in [-0.15, -0.1) is 0 Å². The van der Waals surface area contributed by atoms with Crippen LogP contribution in [0.25, 0.3) is 0 Å². The third-order valence-corrected chi connectivity index (χ3v) is 5.98. The highest BCUT2D eigenvalue weighted by Gasteiger charge is 2.29. The van der Waals surface area contributed by atoms with Gasteiger partial charge in [0.15, 0.2) is 0 Å². The minimum absolute atomic E-state index is 0.219. The molecule has 1 heterocycles. The summed E-state index contributed by atoms with van der Waals surface area (Å²) >= 11 is 6.54. The van der Waals surface area contributed by atoms with E-state index in [1.165, 1.54) is 30.4 Å². The van der Waals surface area contributed by atoms with E-state index in [1.54, 1.807) is 7.11 Å². The van der Waals surface area contributed by atoms with Crippen molar-refractivity contribution in [2.24, 2.45) is 0 Å². The molecule has 3 nitrogen and oxygen atoms in total. The van der Waals surface area contributed by atoms with E-state index < -0.39 is 0 Å². The molecular weight excluding hydrogens is 324 g/mol. The van der Waals surface area contributed by atoms with Crippen LogP contribution in [-0.2, 0) is 4.74 Å². The van der Waals surface area contributed by atoms with Crippen molar-refractivity contribution in [1.82, 2.24) is 0 Å². The smallest absolute Gasteiger partial charge is 0.142 e. The minimum atomic E-state index is 0.219. The first kappa shape index (κ1) is 16.3. The number of hydrogen-bond acceptors (Lipinski definition) is 3. The van der Waals surface area contributed by atoms with E-state index in [2.05, 4.69) is 6.07 Å². The molecule has 2 aliphatic carbocycles. The van der Waals surface area contributed by atoms with Crippen molar-refractivity contribution >= 4 is 11.6 Å². The molecular formula is C20H25ClO3. The lowest BCUT2D eigenvalue weighted by atomic mass is 9.79. The molecule has 1 unspecified atom stereocenters. The zero-order valence-corrected chi connectivity index (χ0v) is 15.0. The number of ether oxygens (including phenoxy) is 3. The fourth-order valence-corrected chi connectivity index (χ4v) is 4.47. The Labute approximate surface area is 148 Å². The first-order valence-electron chi connectivity index (χ1n) is 9.13. The van der Waals surface area contributed by atoms with Crippen LogP contribution in [0.2, 0.25) is 5.02 Å². The zero-order valence-electron chi connectivity index (χ0n) is 14.2. The fourth-order valence-electron chi connectivity index (χ4n) is 4.25. The number of allylic oxidation sites excluding steroid dienone is 1. The molecule has 1 atom stereocenters. The number of hydrogen-bond donors (Lipinski definition) is 0. The molecule has 3 aliphatic rings. The van der Waals surface area contributed by atoms with E-state index in [0.717, 1.165) is 43.6 Å². The summed E-state index contributed by atoms with van der Waals surface area (Å²) in [6.45, 7) is 0. The Morgan fingerprint density at radius 2 is 1.83 bits per heavy atom. The standard InChI is InChI=1S/C20H25ClO3/c1-22-14-6-8-15(9-7-14)24-20-11-19-17(10-18(20)21)16-5-3-2-4-13(16)12-23-19/h10-12,14-16H,2-9H2,1H3. The second-order valence-electron chi connectivity index (χ2n) is 7.18. The van der Waals surface area contributed by atoms with Gasteiger partial charge in [-0.25, -0.2) is 0 Å². The van der Waals surface area contributed by atoms with Crippen LogP contribution in [0.15, 0.2) is 24.0 Å². The quantitative estimate of drug-likeness (QED) is 0.710. The molecule has 0 N–H and O–H groups in total. The van der Waals surface area contributed by atoms with Crippen molar-refractivity contribution in [3.05, 3.63) is 34.6 Å². The Morgan fingerprint density at radius 1 is 1.04 bits per heavy atom. The summed E-state index contributed by atoms with van der Waals surface area (Å²) < 4.78 is 17.5. The molecule has 0 spiro atoms. The third-order valence-electron chi connectivity index (χ3n) is 5.68. The molecule has 2 saturated carbocycles. The van der Waals surface area contributed by atoms with Crippen molar-refractivity contribution in [2.75, 3.05) is 7.11 Å². The molecule has 0 aromatic heterocycles. The zero-order chi connectivity index (χ0) is 16.5. The van der Waals surface area contributed by atoms with Gasteiger partial charge >= 0.3 is 0 Å². The van der Waals surface area contributed by atoms with Crippen molar-refractivity contribution in [3.8, 4) is 11.5 Å². The molecule has 24 heavy (non-hydrogen) atoms. The van der Waals surface area contributed by atoms with Gasteiger partial charge in [-0.05, 0) is 56.6 Å². The van der Waals surface area contributed by atoms with Crippen molar-refractivity contribution in [2.45, 2.75) is 69.5 Å². The van der Waals surface area contributed by atoms with Crippen LogP contribution in [0.3, 0.4) is 0 Å². The maximum Gasteiger partial charge on any atom is 0.142 e. The van der Waals surface area contributed by atoms with E-state index in [9.17, 15) is 0 Å². The molecule has 130 valence electrons. The van der Waals surface area contributed by atoms with Crippen LogP contribution in [0.4, 0.5) is 0 Å². The van der Waals surface area contributed by atoms with Crippen LogP contribution in [-0.4, -0.2) is 19.3 Å². The van der Waals surface area contributed by atoms with Crippen molar-refractivity contribution < 1.29 is 14.2 Å². The Balaban J connectivity index is 1.51. The molecule has 1 aromatic carbocycles. The summed E-state index contributed by atoms with van der Waals surface area (Å²) in [5, 5.41) is 0.707. The topological polar surface area (TPSA) is 27.7 Å². The van der Waals surface area contributed by atoms with E-state index in [1.807, 2.05) is 12.3 Å². The third kappa shape index (κ3) is 3.16. The Kier molecular flexibility index (Phi) is 4.73. The van der Waals surface area contributed by atoms with E-state index in [-0.39, 0.29) is 6.10 Å². The summed E-state index contributed by atoms with van der Waals surface area (Å²) in [5.41, 5.74) is 2.64. The van der Waals surface area contributed by atoms with Gasteiger partial charge in [-0.3, -0.25) is 0 Å². The second-order valence-corrected chi connectivity index (χ2v) is 7.59. The van der Waals surface area contributed by atoms with Crippen LogP contribution in [0.1, 0.15) is 62.8 Å². The first-order valence-corrected chi connectivity index (χ1v) is 9.51. The maximum atomic E-state index is 6.54. The molecule has 0 bridgehead atoms. The van der Waals surface area contributed by atoms with Crippen LogP contribution >= 0.6 is 11.6 Å². The highest BCUT2D eigenvalue weighted by Crippen LogP contribution is 2.47. The second kappa shape index (κ2) is 6.97. The lowest BCUT2D eigenvalue weighted by Crippen LogP contribution is -2.27. The summed E-state index contributed by atoms with van der Waals surface area (Å²) in [6.07, 6.45) is 11.6. The average molecular weight is 349 g/mol. The lowest BCUT2D eigenvalue weighted by molar-refractivity contribution is 0.0327. The molecule has 1 aromatic rings. The fraction of sp³-hybridized carbons (Fsp3) is 0.600. The van der Waals surface area contributed by atoms with Gasteiger partial charge in [-0.2, -0.15) is 0 Å². The predicted octanol–water partition coefficient (Wildman–Crippen LogP) is 5.61. The van der Waals surface area contributed by atoms with Crippen molar-refractivity contribution in [1.29, 1.82) is 0 Å². The molecule has 1 aliphatic heterocycles. The summed E-state index contributed by atoms with van der Waals surface area (Å²) in [6, 6.07) is 4.05. The average Bonchev–Trinajstić information content (AvgIpc) is 2.63. The van der Waals surface area contributed by atoms with E-state index >= 15 is 0 Å². The molecule has 0 radical (unpaired) electrons. The molecule has 4 rings (SSSR count). The van der Waals surface area contributed by atoms with Gasteiger partial charge in [0, 0.05) is 24.7 Å². The number of rotatable bonds is 3. The number of benzene rings is 1. The van der Waals surface area contributed by atoms with Crippen LogP contribution in [0, 0.1) is 0 Å². The Morgan fingerprint density at radius 3 is 2.62 bits per heavy atom. The van der Waals surface area contributed by atoms with Gasteiger partial charge in [0.1, 0.15) is 11.5 Å². The minimum Gasteiger partial charge on any atom is -0.489 e. The first-order chi connectivity index (χ1) is 11.7. The van der Waals surface area contributed by atoms with Gasteiger partial charge in [0.25, 0.3) is 0 Å². The molecule has 4 heteroatoms. The summed E-state index contributed by atoms with van der Waals surface area (Å²) in [7, 11) is 1.79. The Hall–Kier alpha value is -1.19. The maximum absolute atomic E-state index is 6.54. The van der Waals surface area contributed by atoms with E-state index in [4.69, 9.17) is 25.8 Å². The number of fused-ring (bicyclic) bond motifs is 3. The molecule has 0 amide bonds. The van der Waals surface area contributed by atoms with Gasteiger partial charge < -0.3 is 14.2 Å². The highest BCUT2D eigenvalue weighted by atomic mass is 35.5. The van der Waals surface area contributed by atoms with Gasteiger partial charge in [0.05, 0.1) is 23.5 Å². The number of methoxy groups -OCH3 is 1. The largest absolute Gasteiger partial charge is 0.489 e. The van der Waals surface area contributed by atoms with E-state index in [0.29, 0.717) is 17.0 Å². The summed E-state index contributed by atoms with van der Waals surface area (Å²) in [5.74, 6) is 2.14. The molecule has 2 fully saturated rings. The lowest BCUT2D eigenvalue weighted by Gasteiger charge is -2.32. The SMILES string of the molecule is COC1CCC(Oc2cc3c(cc2Cl)C2CCCCC2=CO3)CC1. The monoisotopic (exact) mass is 348 g/mol. The van der Waals surface area contributed by atoms with Crippen LogP contribution < -0.4 is 9.47 Å². The highest BCUT2D eigenvalue weighted by molar-refractivity contribution is 6.32. The predicted molar refractivity (Wildman–Crippen MR) is 95.1 cm³/mol. The number of halogens is 1. The van der Waals surface area contributed by atoms with Crippen molar-refractivity contribution in [3.63, 3.8) is 0 Å². The molecule has 0 saturated heterocycles. The van der Waals surface area contributed by atoms with Crippen LogP contribution in [0.5, 0.6) is 11.5 Å². The normalized spacial score (nSPS) is 29.1. The Bertz CT molecular complexity index is 632. The van der Waals surface area contributed by atoms with Gasteiger partial charge in [0.2, 0.25) is 0 Å².